The number of aromatic hydroxyl groups is 1. The first-order chi connectivity index (χ1) is 14.6. The lowest BCUT2D eigenvalue weighted by Crippen LogP contribution is -2.29. The number of nitrogens with zero attached hydrogens (tertiary/aromatic N) is 2. The second-order valence-electron chi connectivity index (χ2n) is 6.59. The van der Waals surface area contributed by atoms with Gasteiger partial charge in [-0.2, -0.15) is 0 Å². The maximum absolute atomic E-state index is 12.9. The second-order valence-corrected chi connectivity index (χ2v) is 6.99. The number of para-hydroxylation sites is 1. The van der Waals surface area contributed by atoms with Crippen molar-refractivity contribution < 1.29 is 14.6 Å². The highest BCUT2D eigenvalue weighted by atomic mass is 35.5. The Morgan fingerprint density at radius 3 is 2.67 bits per heavy atom. The van der Waals surface area contributed by atoms with Gasteiger partial charge in [0.15, 0.2) is 0 Å². The molecule has 1 unspecified atom stereocenters. The normalized spacial score (nSPS) is 11.8. The summed E-state index contributed by atoms with van der Waals surface area (Å²) in [7, 11) is 1.55. The Morgan fingerprint density at radius 1 is 1.10 bits per heavy atom. The van der Waals surface area contributed by atoms with Crippen LogP contribution in [0.15, 0.2) is 73.2 Å². The molecule has 7 heteroatoms. The maximum atomic E-state index is 12.9. The summed E-state index contributed by atoms with van der Waals surface area (Å²) in [6, 6.07) is 15.0. The Balaban J connectivity index is 1.89. The van der Waals surface area contributed by atoms with Crippen molar-refractivity contribution >= 4 is 28.4 Å². The molecule has 150 valence electrons. The first-order valence-corrected chi connectivity index (χ1v) is 9.58. The lowest BCUT2D eigenvalue weighted by Gasteiger charge is -2.23. The van der Waals surface area contributed by atoms with Gasteiger partial charge in [0.1, 0.15) is 17.0 Å². The minimum absolute atomic E-state index is 0.0580. The van der Waals surface area contributed by atoms with Gasteiger partial charge in [-0.05, 0) is 36.4 Å². The van der Waals surface area contributed by atoms with E-state index in [9.17, 15) is 9.90 Å². The van der Waals surface area contributed by atoms with Crippen molar-refractivity contribution in [3.05, 3.63) is 94.9 Å². The molecule has 0 saturated heterocycles. The highest BCUT2D eigenvalue weighted by Crippen LogP contribution is 2.40. The number of phenolic OH excluding ortho intramolecular Hbond substituents is 1. The third-order valence-electron chi connectivity index (χ3n) is 4.81. The molecule has 4 aromatic rings. The first kappa shape index (κ1) is 19.7. The molecule has 2 aromatic heterocycles. The molecule has 0 saturated carbocycles. The summed E-state index contributed by atoms with van der Waals surface area (Å²) in [5.41, 5.74) is 1.82. The quantitative estimate of drug-likeness (QED) is 0.497. The Morgan fingerprint density at radius 2 is 1.90 bits per heavy atom. The molecule has 0 aliphatic heterocycles. The van der Waals surface area contributed by atoms with Crippen LogP contribution in [0.1, 0.15) is 27.5 Å². The summed E-state index contributed by atoms with van der Waals surface area (Å²) >= 11 is 6.49. The lowest BCUT2D eigenvalue weighted by atomic mass is 9.95. The molecule has 0 aliphatic carbocycles. The van der Waals surface area contributed by atoms with Gasteiger partial charge >= 0.3 is 0 Å². The van der Waals surface area contributed by atoms with E-state index in [0.29, 0.717) is 38.4 Å². The van der Waals surface area contributed by atoms with Crippen LogP contribution in [0.2, 0.25) is 5.02 Å². The van der Waals surface area contributed by atoms with E-state index in [4.69, 9.17) is 16.3 Å². The Hall–Kier alpha value is -3.64. The summed E-state index contributed by atoms with van der Waals surface area (Å²) in [4.78, 5) is 21.2. The van der Waals surface area contributed by atoms with Crippen molar-refractivity contribution in [2.24, 2.45) is 0 Å². The Kier molecular flexibility index (Phi) is 5.50. The van der Waals surface area contributed by atoms with Crippen LogP contribution >= 0.6 is 11.6 Å². The molecule has 2 N–H and O–H groups in total. The lowest BCUT2D eigenvalue weighted by molar-refractivity contribution is 0.0942. The number of rotatable bonds is 5. The predicted octanol–water partition coefficient (Wildman–Crippen LogP) is 4.52. The number of ether oxygens (including phenoxy) is 1. The van der Waals surface area contributed by atoms with E-state index in [2.05, 4.69) is 15.3 Å². The highest BCUT2D eigenvalue weighted by molar-refractivity contribution is 6.35. The monoisotopic (exact) mass is 419 g/mol. The molecule has 2 aromatic carbocycles. The summed E-state index contributed by atoms with van der Waals surface area (Å²) in [6.07, 6.45) is 4.65. The number of carbonyl (C=O) groups is 1. The van der Waals surface area contributed by atoms with Gasteiger partial charge in [-0.15, -0.1) is 0 Å². The molecule has 0 bridgehead atoms. The zero-order valence-electron chi connectivity index (χ0n) is 16.0. The number of methoxy groups -OCH3 is 1. The molecule has 0 radical (unpaired) electrons. The van der Waals surface area contributed by atoms with Crippen LogP contribution in [0.25, 0.3) is 10.9 Å². The molecule has 1 amide bonds. The molecule has 0 aliphatic rings. The van der Waals surface area contributed by atoms with Gasteiger partial charge in [0.25, 0.3) is 5.91 Å². The van der Waals surface area contributed by atoms with Crippen LogP contribution in [0.4, 0.5) is 0 Å². The molecule has 0 fully saturated rings. The summed E-state index contributed by atoms with van der Waals surface area (Å²) in [5.74, 6) is 0.152. The molecular formula is C23H18ClN3O3. The Bertz CT molecular complexity index is 1210. The number of aromatic nitrogens is 2. The van der Waals surface area contributed by atoms with Gasteiger partial charge in [-0.3, -0.25) is 14.8 Å². The van der Waals surface area contributed by atoms with Gasteiger partial charge in [-0.1, -0.05) is 29.8 Å². The molecule has 30 heavy (non-hydrogen) atoms. The number of nitrogens with one attached hydrogen (secondary N) is 1. The Labute approximate surface area is 178 Å². The van der Waals surface area contributed by atoms with E-state index < -0.39 is 6.04 Å². The molecule has 2 heterocycles. The van der Waals surface area contributed by atoms with Crippen LogP contribution in [-0.2, 0) is 0 Å². The van der Waals surface area contributed by atoms with Crippen molar-refractivity contribution in [3.8, 4) is 11.5 Å². The van der Waals surface area contributed by atoms with E-state index >= 15 is 0 Å². The van der Waals surface area contributed by atoms with Crippen molar-refractivity contribution in [1.29, 1.82) is 0 Å². The highest BCUT2D eigenvalue weighted by Gasteiger charge is 2.26. The number of phenols is 1. The number of amides is 1. The molecular weight excluding hydrogens is 402 g/mol. The van der Waals surface area contributed by atoms with Crippen LogP contribution in [0.5, 0.6) is 11.5 Å². The fraction of sp³-hybridized carbons (Fsp3) is 0.0870. The summed E-state index contributed by atoms with van der Waals surface area (Å²) < 4.78 is 5.50. The number of pyridine rings is 2. The van der Waals surface area contributed by atoms with Gasteiger partial charge in [0, 0.05) is 35.1 Å². The van der Waals surface area contributed by atoms with E-state index in [1.54, 1.807) is 55.9 Å². The van der Waals surface area contributed by atoms with Gasteiger partial charge in [0.2, 0.25) is 0 Å². The SMILES string of the molecule is COc1ccccc1C(NC(=O)c1cccnc1)c1cc(Cl)c2cccnc2c1O. The van der Waals surface area contributed by atoms with Gasteiger partial charge in [-0.25, -0.2) is 0 Å². The zero-order chi connectivity index (χ0) is 21.1. The van der Waals surface area contributed by atoms with E-state index in [-0.39, 0.29) is 11.7 Å². The third-order valence-corrected chi connectivity index (χ3v) is 5.12. The van der Waals surface area contributed by atoms with E-state index in [0.717, 1.165) is 0 Å². The number of hydrogen-bond acceptors (Lipinski definition) is 5. The summed E-state index contributed by atoms with van der Waals surface area (Å²) in [5, 5.41) is 15.0. The smallest absolute Gasteiger partial charge is 0.253 e. The van der Waals surface area contributed by atoms with Crippen LogP contribution in [0.3, 0.4) is 0 Å². The largest absolute Gasteiger partial charge is 0.505 e. The van der Waals surface area contributed by atoms with Gasteiger partial charge < -0.3 is 15.2 Å². The van der Waals surface area contributed by atoms with Crippen LogP contribution in [-0.4, -0.2) is 28.1 Å². The number of benzene rings is 2. The maximum Gasteiger partial charge on any atom is 0.253 e. The third kappa shape index (κ3) is 3.65. The number of fused-ring (bicyclic) bond motifs is 1. The molecule has 1 atom stereocenters. The van der Waals surface area contributed by atoms with Crippen LogP contribution in [0, 0.1) is 0 Å². The fourth-order valence-corrected chi connectivity index (χ4v) is 3.64. The molecule has 6 nitrogen and oxygen atoms in total. The van der Waals surface area contributed by atoms with Crippen molar-refractivity contribution in [3.63, 3.8) is 0 Å². The minimum Gasteiger partial charge on any atom is -0.505 e. The van der Waals surface area contributed by atoms with Crippen molar-refractivity contribution in [1.82, 2.24) is 15.3 Å². The number of halogens is 1. The molecule has 4 rings (SSSR count). The average Bonchev–Trinajstić information content (AvgIpc) is 2.80. The standard InChI is InChI=1S/C23H18ClN3O3/c1-30-19-9-3-2-7-16(19)20(27-23(29)14-6-4-10-25-13-14)17-12-18(24)15-8-5-11-26-21(15)22(17)28/h2-13,20,28H,1H3,(H,27,29). The van der Waals surface area contributed by atoms with Crippen LogP contribution < -0.4 is 10.1 Å². The van der Waals surface area contributed by atoms with Crippen molar-refractivity contribution in [2.75, 3.05) is 7.11 Å². The summed E-state index contributed by atoms with van der Waals surface area (Å²) in [6.45, 7) is 0. The first-order valence-electron chi connectivity index (χ1n) is 9.20. The zero-order valence-corrected chi connectivity index (χ0v) is 16.8. The number of hydrogen-bond donors (Lipinski definition) is 2. The van der Waals surface area contributed by atoms with E-state index in [1.165, 1.54) is 6.20 Å². The van der Waals surface area contributed by atoms with E-state index in [1.807, 2.05) is 18.2 Å². The topological polar surface area (TPSA) is 84.3 Å². The number of carbonyl (C=O) groups excluding carboxylic acids is 1. The molecule has 0 spiro atoms. The van der Waals surface area contributed by atoms with Crippen molar-refractivity contribution in [2.45, 2.75) is 6.04 Å². The average molecular weight is 420 g/mol. The second kappa shape index (κ2) is 8.39. The van der Waals surface area contributed by atoms with Gasteiger partial charge in [0.05, 0.1) is 23.7 Å². The fourth-order valence-electron chi connectivity index (χ4n) is 3.37. The predicted molar refractivity (Wildman–Crippen MR) is 115 cm³/mol. The minimum atomic E-state index is -0.738.